The molecule has 202 valence electrons. The highest BCUT2D eigenvalue weighted by Gasteiger charge is 2.18. The van der Waals surface area contributed by atoms with Gasteiger partial charge in [0, 0.05) is 42.6 Å². The summed E-state index contributed by atoms with van der Waals surface area (Å²) in [5, 5.41) is 15.1. The molecule has 2 aromatic carbocycles. The van der Waals surface area contributed by atoms with Crippen molar-refractivity contribution in [1.82, 2.24) is 25.1 Å². The number of halogens is 2. The zero-order valence-corrected chi connectivity index (χ0v) is 23.1. The van der Waals surface area contributed by atoms with Crippen LogP contribution in [0.15, 0.2) is 54.7 Å². The molecule has 0 aliphatic carbocycles. The van der Waals surface area contributed by atoms with Crippen LogP contribution in [-0.4, -0.2) is 77.9 Å². The molecule has 0 unspecified atom stereocenters. The van der Waals surface area contributed by atoms with E-state index >= 15 is 0 Å². The predicted octanol–water partition coefficient (Wildman–Crippen LogP) is 4.96. The first-order chi connectivity index (χ1) is 18.9. The van der Waals surface area contributed by atoms with Crippen LogP contribution in [0.2, 0.25) is 10.0 Å². The van der Waals surface area contributed by atoms with E-state index in [1.807, 2.05) is 37.2 Å². The van der Waals surface area contributed by atoms with E-state index in [9.17, 15) is 4.79 Å². The molecule has 5 rings (SSSR count). The van der Waals surface area contributed by atoms with Crippen molar-refractivity contribution >= 4 is 63.2 Å². The molecule has 0 bridgehead atoms. The Labute approximate surface area is 236 Å². The molecule has 39 heavy (non-hydrogen) atoms. The van der Waals surface area contributed by atoms with E-state index in [2.05, 4.69) is 30.7 Å². The molecule has 1 saturated heterocycles. The topological polar surface area (TPSA) is 111 Å². The molecule has 0 spiro atoms. The molecule has 4 aromatic rings. The van der Waals surface area contributed by atoms with Crippen molar-refractivity contribution in [2.24, 2.45) is 0 Å². The monoisotopic (exact) mass is 566 g/mol. The van der Waals surface area contributed by atoms with Gasteiger partial charge in [-0.25, -0.2) is 4.98 Å². The van der Waals surface area contributed by atoms with Crippen molar-refractivity contribution in [3.05, 3.63) is 64.8 Å². The smallest absolute Gasteiger partial charge is 0.248 e. The number of nitrogens with zero attached hydrogens (tertiary/aromatic N) is 5. The summed E-state index contributed by atoms with van der Waals surface area (Å²) in [5.74, 6) is 0.122. The average molecular weight is 567 g/mol. The van der Waals surface area contributed by atoms with Crippen molar-refractivity contribution in [2.75, 3.05) is 62.5 Å². The van der Waals surface area contributed by atoms with Crippen LogP contribution in [0.3, 0.4) is 0 Å². The van der Waals surface area contributed by atoms with Gasteiger partial charge in [-0.3, -0.25) is 9.89 Å². The molecule has 1 aliphatic rings. The van der Waals surface area contributed by atoms with E-state index in [1.165, 1.54) is 6.08 Å². The molecule has 12 heteroatoms. The number of hydrogen-bond acceptors (Lipinski definition) is 8. The van der Waals surface area contributed by atoms with Gasteiger partial charge in [0.1, 0.15) is 0 Å². The van der Waals surface area contributed by atoms with Crippen LogP contribution >= 0.6 is 23.2 Å². The molecule has 1 fully saturated rings. The number of fused-ring (bicyclic) bond motifs is 1. The summed E-state index contributed by atoms with van der Waals surface area (Å²) in [4.78, 5) is 25.9. The van der Waals surface area contributed by atoms with Crippen LogP contribution < -0.4 is 15.5 Å². The molecule has 1 amide bonds. The molecule has 3 N–H and O–H groups in total. The zero-order chi connectivity index (χ0) is 27.4. The lowest BCUT2D eigenvalue weighted by atomic mass is 10.1. The van der Waals surface area contributed by atoms with Gasteiger partial charge in [-0.1, -0.05) is 29.3 Å². The third-order valence-electron chi connectivity index (χ3n) is 6.09. The van der Waals surface area contributed by atoms with Gasteiger partial charge in [0.2, 0.25) is 11.9 Å². The second kappa shape index (κ2) is 12.0. The number of rotatable bonds is 8. The first-order valence-corrected chi connectivity index (χ1v) is 13.2. The van der Waals surface area contributed by atoms with E-state index in [1.54, 1.807) is 30.5 Å². The SMILES string of the molecule is CN(C)C/C=C/C(=O)Nc1ccc(Cl)c(-c2nc(Nc3ccc(Cl)c(N4CCOCC4)c3)nc3[nH]ncc23)c1. The maximum absolute atomic E-state index is 12.4. The number of morpholine rings is 1. The molecule has 2 aromatic heterocycles. The van der Waals surface area contributed by atoms with Gasteiger partial charge in [-0.15, -0.1) is 0 Å². The number of ether oxygens (including phenoxy) is 1. The average Bonchev–Trinajstić information content (AvgIpc) is 3.39. The lowest BCUT2D eigenvalue weighted by Crippen LogP contribution is -2.36. The standard InChI is InChI=1S/C27H28Cl2N8O2/c1-36(2)9-3-4-24(38)31-17-5-7-21(28)19(14-17)25-20-16-30-35-26(20)34-27(33-25)32-18-6-8-22(29)23(15-18)37-10-12-39-13-11-37/h3-8,14-16H,9-13H2,1-2H3,(H,31,38)(H2,30,32,33,34,35)/b4-3+. The minimum Gasteiger partial charge on any atom is -0.378 e. The maximum Gasteiger partial charge on any atom is 0.248 e. The molecular weight excluding hydrogens is 539 g/mol. The third kappa shape index (κ3) is 6.48. The summed E-state index contributed by atoms with van der Waals surface area (Å²) < 4.78 is 5.47. The molecule has 10 nitrogen and oxygen atoms in total. The normalized spacial score (nSPS) is 13.9. The van der Waals surface area contributed by atoms with E-state index in [0.717, 1.165) is 24.5 Å². The maximum atomic E-state index is 12.4. The molecule has 0 saturated carbocycles. The van der Waals surface area contributed by atoms with Crippen LogP contribution in [0.25, 0.3) is 22.3 Å². The number of carbonyl (C=O) groups is 1. The summed E-state index contributed by atoms with van der Waals surface area (Å²) >= 11 is 13.1. The number of likely N-dealkylation sites (N-methyl/N-ethyl adjacent to an activating group) is 1. The number of H-pyrrole nitrogens is 1. The number of anilines is 4. The van der Waals surface area contributed by atoms with Crippen molar-refractivity contribution < 1.29 is 9.53 Å². The number of hydrogen-bond donors (Lipinski definition) is 3. The third-order valence-corrected chi connectivity index (χ3v) is 6.74. The fraction of sp³-hybridized carbons (Fsp3) is 0.259. The Hall–Kier alpha value is -3.70. The number of aromatic nitrogens is 4. The highest BCUT2D eigenvalue weighted by molar-refractivity contribution is 6.34. The molecule has 0 radical (unpaired) electrons. The lowest BCUT2D eigenvalue weighted by molar-refractivity contribution is -0.111. The second-order valence-electron chi connectivity index (χ2n) is 9.27. The summed E-state index contributed by atoms with van der Waals surface area (Å²) in [6.45, 7) is 3.50. The zero-order valence-electron chi connectivity index (χ0n) is 21.5. The quantitative estimate of drug-likeness (QED) is 0.256. The van der Waals surface area contributed by atoms with Crippen LogP contribution in [0.1, 0.15) is 0 Å². The number of aromatic amines is 1. The van der Waals surface area contributed by atoms with E-state index in [-0.39, 0.29) is 5.91 Å². The largest absolute Gasteiger partial charge is 0.378 e. The van der Waals surface area contributed by atoms with Gasteiger partial charge < -0.3 is 25.2 Å². The summed E-state index contributed by atoms with van der Waals surface area (Å²) in [5.41, 5.74) is 4.03. The Kier molecular flexibility index (Phi) is 8.27. The first-order valence-electron chi connectivity index (χ1n) is 12.4. The highest BCUT2D eigenvalue weighted by atomic mass is 35.5. The van der Waals surface area contributed by atoms with Crippen molar-refractivity contribution in [3.8, 4) is 11.3 Å². The predicted molar refractivity (Wildman–Crippen MR) is 156 cm³/mol. The lowest BCUT2D eigenvalue weighted by Gasteiger charge is -2.29. The molecular formula is C27H28Cl2N8O2. The highest BCUT2D eigenvalue weighted by Crippen LogP contribution is 2.35. The molecule has 3 heterocycles. The number of amides is 1. The number of nitrogens with one attached hydrogen (secondary N) is 3. The fourth-order valence-electron chi connectivity index (χ4n) is 4.20. The van der Waals surface area contributed by atoms with Gasteiger partial charge in [0.15, 0.2) is 5.65 Å². The minimum atomic E-state index is -0.234. The van der Waals surface area contributed by atoms with Gasteiger partial charge in [0.25, 0.3) is 0 Å². The van der Waals surface area contributed by atoms with E-state index in [0.29, 0.717) is 63.7 Å². The Morgan fingerprint density at radius 3 is 2.67 bits per heavy atom. The Morgan fingerprint density at radius 2 is 1.87 bits per heavy atom. The van der Waals surface area contributed by atoms with Crippen LogP contribution in [0, 0.1) is 0 Å². The van der Waals surface area contributed by atoms with Crippen LogP contribution in [0.5, 0.6) is 0 Å². The summed E-state index contributed by atoms with van der Waals surface area (Å²) in [7, 11) is 3.87. The number of carbonyl (C=O) groups excluding carboxylic acids is 1. The van der Waals surface area contributed by atoms with Crippen molar-refractivity contribution in [2.45, 2.75) is 0 Å². The van der Waals surface area contributed by atoms with Crippen LogP contribution in [-0.2, 0) is 9.53 Å². The fourth-order valence-corrected chi connectivity index (χ4v) is 4.65. The second-order valence-corrected chi connectivity index (χ2v) is 10.1. The Balaban J connectivity index is 1.45. The number of benzene rings is 2. The van der Waals surface area contributed by atoms with Crippen molar-refractivity contribution in [3.63, 3.8) is 0 Å². The van der Waals surface area contributed by atoms with Gasteiger partial charge in [-0.2, -0.15) is 10.1 Å². The van der Waals surface area contributed by atoms with Gasteiger partial charge >= 0.3 is 0 Å². The summed E-state index contributed by atoms with van der Waals surface area (Å²) in [6, 6.07) is 11.0. The Bertz CT molecular complexity index is 1520. The first kappa shape index (κ1) is 26.9. The van der Waals surface area contributed by atoms with E-state index < -0.39 is 0 Å². The van der Waals surface area contributed by atoms with E-state index in [4.69, 9.17) is 32.9 Å². The van der Waals surface area contributed by atoms with Gasteiger partial charge in [-0.05, 0) is 50.5 Å². The minimum absolute atomic E-state index is 0.234. The molecule has 0 atom stereocenters. The molecule has 1 aliphatic heterocycles. The summed E-state index contributed by atoms with van der Waals surface area (Å²) in [6.07, 6.45) is 4.95. The van der Waals surface area contributed by atoms with Gasteiger partial charge in [0.05, 0.1) is 46.2 Å². The Morgan fingerprint density at radius 1 is 1.10 bits per heavy atom. The van der Waals surface area contributed by atoms with Crippen LogP contribution in [0.4, 0.5) is 23.0 Å². The van der Waals surface area contributed by atoms with Crippen molar-refractivity contribution in [1.29, 1.82) is 0 Å².